The number of halogens is 1. The van der Waals surface area contributed by atoms with E-state index in [2.05, 4.69) is 60.9 Å². The van der Waals surface area contributed by atoms with Crippen LogP contribution in [0.2, 0.25) is 5.02 Å². The zero-order valence-electron chi connectivity index (χ0n) is 22.3. The SMILES string of the molecule is CCCCCOc1nc2c(c(N(CCC)C[C@@H](C)CC#N)n1)CCN(c1cccc3cccc(Cl)c13)C2. The van der Waals surface area contributed by atoms with Crippen molar-refractivity contribution in [2.24, 2.45) is 5.92 Å². The second-order valence-electron chi connectivity index (χ2n) is 10.0. The smallest absolute Gasteiger partial charge is 0.318 e. The van der Waals surface area contributed by atoms with Crippen LogP contribution in [0.3, 0.4) is 0 Å². The number of anilines is 2. The lowest BCUT2D eigenvalue weighted by Gasteiger charge is -2.35. The number of fused-ring (bicyclic) bond motifs is 2. The Hall–Kier alpha value is -3.04. The van der Waals surface area contributed by atoms with Crippen molar-refractivity contribution >= 4 is 33.9 Å². The molecule has 0 fully saturated rings. The van der Waals surface area contributed by atoms with Crippen molar-refractivity contribution in [2.45, 2.75) is 65.8 Å². The molecular formula is C30H38ClN5O. The van der Waals surface area contributed by atoms with E-state index in [1.165, 1.54) is 5.56 Å². The van der Waals surface area contributed by atoms with Gasteiger partial charge < -0.3 is 14.5 Å². The summed E-state index contributed by atoms with van der Waals surface area (Å²) in [6.07, 6.45) is 5.64. The summed E-state index contributed by atoms with van der Waals surface area (Å²) in [6.45, 7) is 10.3. The topological polar surface area (TPSA) is 65.3 Å². The Morgan fingerprint density at radius 2 is 1.95 bits per heavy atom. The summed E-state index contributed by atoms with van der Waals surface area (Å²) < 4.78 is 6.09. The van der Waals surface area contributed by atoms with Gasteiger partial charge in [-0.05, 0) is 42.7 Å². The molecule has 4 rings (SSSR count). The second-order valence-corrected chi connectivity index (χ2v) is 10.4. The lowest BCUT2D eigenvalue weighted by Crippen LogP contribution is -2.36. The molecule has 0 aliphatic carbocycles. The average Bonchev–Trinajstić information content (AvgIpc) is 2.90. The highest BCUT2D eigenvalue weighted by atomic mass is 35.5. The van der Waals surface area contributed by atoms with Gasteiger partial charge in [-0.3, -0.25) is 0 Å². The van der Waals surface area contributed by atoms with Crippen molar-refractivity contribution in [2.75, 3.05) is 36.0 Å². The van der Waals surface area contributed by atoms with Crippen molar-refractivity contribution in [3.05, 3.63) is 52.7 Å². The number of rotatable bonds is 12. The van der Waals surface area contributed by atoms with Crippen molar-refractivity contribution < 1.29 is 4.74 Å². The number of benzene rings is 2. The van der Waals surface area contributed by atoms with Crippen LogP contribution < -0.4 is 14.5 Å². The third-order valence-corrected chi connectivity index (χ3v) is 7.25. The molecular weight excluding hydrogens is 482 g/mol. The molecule has 1 aliphatic heterocycles. The van der Waals surface area contributed by atoms with E-state index in [0.717, 1.165) is 84.7 Å². The summed E-state index contributed by atoms with van der Waals surface area (Å²) in [7, 11) is 0. The zero-order valence-corrected chi connectivity index (χ0v) is 23.1. The molecule has 0 bridgehead atoms. The van der Waals surface area contributed by atoms with Gasteiger partial charge in [0.05, 0.1) is 29.9 Å². The Kier molecular flexibility index (Phi) is 9.46. The first-order chi connectivity index (χ1) is 18.0. The van der Waals surface area contributed by atoms with Crippen molar-refractivity contribution in [3.8, 4) is 12.1 Å². The largest absolute Gasteiger partial charge is 0.463 e. The van der Waals surface area contributed by atoms with Gasteiger partial charge >= 0.3 is 6.01 Å². The average molecular weight is 520 g/mol. The van der Waals surface area contributed by atoms with Gasteiger partial charge in [-0.15, -0.1) is 0 Å². The van der Waals surface area contributed by atoms with Crippen LogP contribution in [-0.4, -0.2) is 36.2 Å². The predicted octanol–water partition coefficient (Wildman–Crippen LogP) is 7.18. The fourth-order valence-electron chi connectivity index (χ4n) is 5.13. The number of ether oxygens (including phenoxy) is 1. The highest BCUT2D eigenvalue weighted by Gasteiger charge is 2.27. The monoisotopic (exact) mass is 519 g/mol. The van der Waals surface area contributed by atoms with Crippen LogP contribution in [0.25, 0.3) is 10.8 Å². The summed E-state index contributed by atoms with van der Waals surface area (Å²) in [5, 5.41) is 12.2. The standard InChI is InChI=1S/C30H38ClN5O/c1-4-6-7-19-37-30-33-26-21-35(27-13-9-11-23-10-8-12-25(31)28(23)27)18-15-24(26)29(34-30)36(17-5-2)20-22(3)14-16-32/h8-13,22H,4-7,14-15,17-21H2,1-3H3/t22-/m0/s1. The van der Waals surface area contributed by atoms with Gasteiger partial charge in [-0.1, -0.05) is 69.5 Å². The maximum absolute atomic E-state index is 9.23. The van der Waals surface area contributed by atoms with E-state index in [0.29, 0.717) is 25.6 Å². The zero-order chi connectivity index (χ0) is 26.2. The Labute approximate surface area is 226 Å². The summed E-state index contributed by atoms with van der Waals surface area (Å²) in [4.78, 5) is 14.6. The maximum Gasteiger partial charge on any atom is 0.318 e. The van der Waals surface area contributed by atoms with Crippen molar-refractivity contribution in [1.29, 1.82) is 5.26 Å². The molecule has 0 unspecified atom stereocenters. The molecule has 0 radical (unpaired) electrons. The van der Waals surface area contributed by atoms with E-state index in [1.54, 1.807) is 0 Å². The first-order valence-electron chi connectivity index (χ1n) is 13.6. The molecule has 1 aromatic heterocycles. The fourth-order valence-corrected chi connectivity index (χ4v) is 5.40. The van der Waals surface area contributed by atoms with Crippen molar-refractivity contribution in [3.63, 3.8) is 0 Å². The number of hydrogen-bond acceptors (Lipinski definition) is 6. The minimum Gasteiger partial charge on any atom is -0.463 e. The molecule has 0 N–H and O–H groups in total. The summed E-state index contributed by atoms with van der Waals surface area (Å²) in [5.41, 5.74) is 3.34. The van der Waals surface area contributed by atoms with Crippen LogP contribution in [0.15, 0.2) is 36.4 Å². The molecule has 3 aromatic rings. The lowest BCUT2D eigenvalue weighted by atomic mass is 10.0. The minimum absolute atomic E-state index is 0.258. The van der Waals surface area contributed by atoms with Gasteiger partial charge in [0.1, 0.15) is 5.82 Å². The van der Waals surface area contributed by atoms with Gasteiger partial charge in [-0.25, -0.2) is 0 Å². The Morgan fingerprint density at radius 3 is 2.70 bits per heavy atom. The second kappa shape index (κ2) is 13.0. The molecule has 0 amide bonds. The molecule has 2 heterocycles. The van der Waals surface area contributed by atoms with Crippen molar-refractivity contribution in [1.82, 2.24) is 9.97 Å². The van der Waals surface area contributed by atoms with E-state index < -0.39 is 0 Å². The quantitative estimate of drug-likeness (QED) is 0.236. The van der Waals surface area contributed by atoms with Gasteiger partial charge in [0.25, 0.3) is 0 Å². The highest BCUT2D eigenvalue weighted by molar-refractivity contribution is 6.36. The van der Waals surface area contributed by atoms with Crippen LogP contribution in [0.1, 0.15) is 64.1 Å². The van der Waals surface area contributed by atoms with E-state index in [9.17, 15) is 5.26 Å². The first-order valence-corrected chi connectivity index (χ1v) is 14.0. The molecule has 0 saturated heterocycles. The molecule has 0 saturated carbocycles. The van der Waals surface area contributed by atoms with Crippen LogP contribution in [0, 0.1) is 17.2 Å². The molecule has 1 atom stereocenters. The lowest BCUT2D eigenvalue weighted by molar-refractivity contribution is 0.281. The fraction of sp³-hybridized carbons (Fsp3) is 0.500. The molecule has 6 nitrogen and oxygen atoms in total. The molecule has 196 valence electrons. The maximum atomic E-state index is 9.23. The van der Waals surface area contributed by atoms with E-state index in [1.807, 2.05) is 12.1 Å². The summed E-state index contributed by atoms with van der Waals surface area (Å²) in [6, 6.07) is 15.2. The third kappa shape index (κ3) is 6.45. The van der Waals surface area contributed by atoms with Gasteiger partial charge in [-0.2, -0.15) is 15.2 Å². The molecule has 7 heteroatoms. The number of nitrogens with zero attached hydrogens (tertiary/aromatic N) is 5. The highest BCUT2D eigenvalue weighted by Crippen LogP contribution is 2.37. The summed E-state index contributed by atoms with van der Waals surface area (Å²) >= 11 is 6.66. The van der Waals surface area contributed by atoms with E-state index >= 15 is 0 Å². The van der Waals surface area contributed by atoms with E-state index in [4.69, 9.17) is 26.3 Å². The third-order valence-electron chi connectivity index (χ3n) is 6.94. The van der Waals surface area contributed by atoms with E-state index in [-0.39, 0.29) is 5.92 Å². The number of aromatic nitrogens is 2. The van der Waals surface area contributed by atoms with Crippen LogP contribution in [0.4, 0.5) is 11.5 Å². The van der Waals surface area contributed by atoms with Gasteiger partial charge in [0.2, 0.25) is 0 Å². The number of nitriles is 1. The van der Waals surface area contributed by atoms with Crippen LogP contribution in [-0.2, 0) is 13.0 Å². The number of unbranched alkanes of at least 4 members (excludes halogenated alkanes) is 2. The number of hydrogen-bond donors (Lipinski definition) is 0. The Bertz CT molecular complexity index is 1240. The minimum atomic E-state index is 0.258. The van der Waals surface area contributed by atoms with Crippen LogP contribution >= 0.6 is 11.6 Å². The molecule has 2 aromatic carbocycles. The van der Waals surface area contributed by atoms with Crippen LogP contribution in [0.5, 0.6) is 6.01 Å². The molecule has 1 aliphatic rings. The Balaban J connectivity index is 1.70. The first kappa shape index (κ1) is 27.0. The normalized spacial score (nSPS) is 13.8. The van der Waals surface area contributed by atoms with Gasteiger partial charge in [0.15, 0.2) is 0 Å². The Morgan fingerprint density at radius 1 is 1.14 bits per heavy atom. The molecule has 0 spiro atoms. The molecule has 37 heavy (non-hydrogen) atoms. The summed E-state index contributed by atoms with van der Waals surface area (Å²) in [5.74, 6) is 1.23. The predicted molar refractivity (Wildman–Crippen MR) is 153 cm³/mol. The van der Waals surface area contributed by atoms with Gasteiger partial charge in [0, 0.05) is 42.7 Å².